The van der Waals surface area contributed by atoms with Crippen molar-refractivity contribution in [3.63, 3.8) is 0 Å². The van der Waals surface area contributed by atoms with E-state index < -0.39 is 0 Å². The minimum atomic E-state index is -0.0716. The Hall–Kier alpha value is -1.91. The molecule has 4 heteroatoms. The molecule has 0 aliphatic rings. The quantitative estimate of drug-likeness (QED) is 0.404. The monoisotopic (exact) mass is 427 g/mol. The summed E-state index contributed by atoms with van der Waals surface area (Å²) in [4.78, 5) is 9.60. The summed E-state index contributed by atoms with van der Waals surface area (Å²) >= 11 is 0. The topological polar surface area (TPSA) is 35.0 Å². The number of rotatable bonds is 6. The molecule has 0 saturated carbocycles. The van der Waals surface area contributed by atoms with Gasteiger partial charge in [0.2, 0.25) is 4.93 Å². The molecule has 0 amide bonds. The lowest BCUT2D eigenvalue weighted by Gasteiger charge is -2.21. The molecule has 0 bridgehead atoms. The summed E-state index contributed by atoms with van der Waals surface area (Å²) in [7, 11) is 1.99. The third kappa shape index (κ3) is 6.82. The van der Waals surface area contributed by atoms with Crippen LogP contribution in [0.15, 0.2) is 48.5 Å². The van der Waals surface area contributed by atoms with Crippen molar-refractivity contribution in [3.8, 4) is 11.3 Å². The summed E-state index contributed by atoms with van der Waals surface area (Å²) in [6.45, 7) is 14.4. The largest absolute Gasteiger partial charge is 0.335 e. The lowest BCUT2D eigenvalue weighted by Crippen LogP contribution is -2.35. The summed E-state index contributed by atoms with van der Waals surface area (Å²) in [5, 5.41) is 0. The molecule has 0 aliphatic carbocycles. The van der Waals surface area contributed by atoms with Crippen molar-refractivity contribution in [1.29, 1.82) is 0 Å². The molecule has 3 rings (SSSR count). The Balaban J connectivity index is 0.00000106. The van der Waals surface area contributed by atoms with E-state index in [4.69, 9.17) is 14.7 Å². The first kappa shape index (κ1) is 26.1. The van der Waals surface area contributed by atoms with Gasteiger partial charge in [-0.3, -0.25) is 0 Å². The normalized spacial score (nSPS) is 11.8. The average molecular weight is 428 g/mol. The van der Waals surface area contributed by atoms with Gasteiger partial charge in [-0.2, -0.15) is 0 Å². The van der Waals surface area contributed by atoms with Crippen LogP contribution in [0.4, 0.5) is 0 Å². The maximum Gasteiger partial charge on any atom is 0.221 e. The second-order valence-electron chi connectivity index (χ2n) is 7.04. The number of hydrogen-bond donors (Lipinski definition) is 0. The molecule has 1 aromatic heterocycles. The Labute approximate surface area is 186 Å². The van der Waals surface area contributed by atoms with Gasteiger partial charge >= 0.3 is 0 Å². The Morgan fingerprint density at radius 2 is 1.53 bits per heavy atom. The van der Waals surface area contributed by atoms with Crippen LogP contribution in [0.1, 0.15) is 52.8 Å². The van der Waals surface area contributed by atoms with Crippen LogP contribution in [-0.4, -0.2) is 34.0 Å². The predicted molar refractivity (Wildman–Crippen MR) is 135 cm³/mol. The summed E-state index contributed by atoms with van der Waals surface area (Å²) in [5.74, 6) is 1.11. The number of ether oxygens (including phenoxy) is 1. The SMILES string of the molecule is CC.CC.COC(C)(C)[S+](C)CCc1ccc2nc(-c3ccccc3)c(C)nc2c1. The zero-order valence-corrected chi connectivity index (χ0v) is 21.1. The van der Waals surface area contributed by atoms with Gasteiger partial charge in [0.25, 0.3) is 0 Å². The smallest absolute Gasteiger partial charge is 0.221 e. The minimum absolute atomic E-state index is 0.0716. The number of nitrogens with zero attached hydrogens (tertiary/aromatic N) is 2. The molecular formula is C26H39N2OS+. The second-order valence-corrected chi connectivity index (χ2v) is 9.71. The predicted octanol–water partition coefficient (Wildman–Crippen LogP) is 6.83. The second kappa shape index (κ2) is 12.7. The molecule has 1 atom stereocenters. The van der Waals surface area contributed by atoms with E-state index in [2.05, 4.69) is 50.4 Å². The summed E-state index contributed by atoms with van der Waals surface area (Å²) in [6, 6.07) is 16.7. The Morgan fingerprint density at radius 1 is 0.900 bits per heavy atom. The van der Waals surface area contributed by atoms with Gasteiger partial charge < -0.3 is 4.74 Å². The minimum Gasteiger partial charge on any atom is -0.335 e. The number of methoxy groups -OCH3 is 1. The molecule has 1 unspecified atom stereocenters. The van der Waals surface area contributed by atoms with E-state index in [9.17, 15) is 0 Å². The van der Waals surface area contributed by atoms with Gasteiger partial charge in [-0.15, -0.1) is 0 Å². The fourth-order valence-corrected chi connectivity index (χ4v) is 4.19. The Morgan fingerprint density at radius 3 is 2.13 bits per heavy atom. The highest BCUT2D eigenvalue weighted by Gasteiger charge is 2.34. The molecule has 0 fully saturated rings. The molecule has 0 saturated heterocycles. The van der Waals surface area contributed by atoms with E-state index in [0.717, 1.165) is 40.2 Å². The first-order valence-electron chi connectivity index (χ1n) is 10.9. The third-order valence-electron chi connectivity index (χ3n) is 4.98. The summed E-state index contributed by atoms with van der Waals surface area (Å²) < 4.78 is 5.62. The van der Waals surface area contributed by atoms with Crippen LogP contribution in [0.3, 0.4) is 0 Å². The molecule has 0 radical (unpaired) electrons. The van der Waals surface area contributed by atoms with Crippen LogP contribution in [0.2, 0.25) is 0 Å². The first-order chi connectivity index (χ1) is 14.4. The molecule has 3 nitrogen and oxygen atoms in total. The average Bonchev–Trinajstić information content (AvgIpc) is 2.80. The van der Waals surface area contributed by atoms with E-state index in [0.29, 0.717) is 0 Å². The molecule has 1 heterocycles. The van der Waals surface area contributed by atoms with Crippen LogP contribution >= 0.6 is 0 Å². The van der Waals surface area contributed by atoms with Crippen molar-refractivity contribution in [3.05, 3.63) is 59.8 Å². The lowest BCUT2D eigenvalue weighted by atomic mass is 10.1. The standard InChI is InChI=1S/C22H27N2OS.2C2H6/c1-16-21(18-9-7-6-8-10-18)24-19-12-11-17(15-20(19)23-16)13-14-26(5)22(2,3)25-4;2*1-2/h6-12,15H,13-14H2,1-5H3;2*1-2H3/q+1;;. The molecule has 3 aromatic rings. The first-order valence-corrected chi connectivity index (χ1v) is 12.7. The Bertz CT molecular complexity index is 894. The van der Waals surface area contributed by atoms with Crippen molar-refractivity contribution >= 4 is 21.9 Å². The summed E-state index contributed by atoms with van der Waals surface area (Å²) in [6.07, 6.45) is 3.31. The lowest BCUT2D eigenvalue weighted by molar-refractivity contribution is 0.101. The zero-order valence-electron chi connectivity index (χ0n) is 20.2. The van der Waals surface area contributed by atoms with E-state index in [-0.39, 0.29) is 15.8 Å². The number of hydrogen-bond acceptors (Lipinski definition) is 3. The van der Waals surface area contributed by atoms with Crippen molar-refractivity contribution in [2.45, 2.75) is 59.8 Å². The van der Waals surface area contributed by atoms with Crippen LogP contribution in [-0.2, 0) is 22.1 Å². The molecule has 2 aromatic carbocycles. The molecule has 0 N–H and O–H groups in total. The highest BCUT2D eigenvalue weighted by molar-refractivity contribution is 7.97. The zero-order chi connectivity index (χ0) is 22.7. The van der Waals surface area contributed by atoms with Crippen LogP contribution in [0.5, 0.6) is 0 Å². The van der Waals surface area contributed by atoms with Crippen LogP contribution in [0.25, 0.3) is 22.3 Å². The fourth-order valence-electron chi connectivity index (χ4n) is 2.87. The van der Waals surface area contributed by atoms with Crippen molar-refractivity contribution in [1.82, 2.24) is 9.97 Å². The molecular weight excluding hydrogens is 388 g/mol. The fraction of sp³-hybridized carbons (Fsp3) is 0.462. The van der Waals surface area contributed by atoms with E-state index in [1.807, 2.05) is 52.8 Å². The third-order valence-corrected chi connectivity index (χ3v) is 7.64. The van der Waals surface area contributed by atoms with Gasteiger partial charge in [-0.05, 0) is 24.6 Å². The van der Waals surface area contributed by atoms with Gasteiger partial charge in [0.1, 0.15) is 12.0 Å². The van der Waals surface area contributed by atoms with Gasteiger partial charge in [0, 0.05) is 43.8 Å². The van der Waals surface area contributed by atoms with Crippen molar-refractivity contribution in [2.75, 3.05) is 19.1 Å². The Kier molecular flexibility index (Phi) is 11.1. The maximum atomic E-state index is 5.62. The number of aryl methyl sites for hydroxylation is 2. The number of aromatic nitrogens is 2. The maximum absolute atomic E-state index is 5.62. The highest BCUT2D eigenvalue weighted by Crippen LogP contribution is 2.24. The van der Waals surface area contributed by atoms with Gasteiger partial charge in [0.05, 0.1) is 22.4 Å². The van der Waals surface area contributed by atoms with Crippen molar-refractivity contribution < 1.29 is 4.74 Å². The van der Waals surface area contributed by atoms with Gasteiger partial charge in [-0.25, -0.2) is 9.97 Å². The van der Waals surface area contributed by atoms with Crippen LogP contribution in [0, 0.1) is 6.92 Å². The van der Waals surface area contributed by atoms with E-state index >= 15 is 0 Å². The molecule has 30 heavy (non-hydrogen) atoms. The van der Waals surface area contributed by atoms with E-state index in [1.165, 1.54) is 5.56 Å². The highest BCUT2D eigenvalue weighted by atomic mass is 32.2. The molecule has 0 spiro atoms. The molecule has 0 aliphatic heterocycles. The molecule has 164 valence electrons. The number of fused-ring (bicyclic) bond motifs is 1. The summed E-state index contributed by atoms with van der Waals surface area (Å²) in [5.41, 5.74) is 6.28. The van der Waals surface area contributed by atoms with Gasteiger partial charge in [-0.1, -0.05) is 64.1 Å². The number of benzene rings is 2. The van der Waals surface area contributed by atoms with Crippen LogP contribution < -0.4 is 0 Å². The van der Waals surface area contributed by atoms with E-state index in [1.54, 1.807) is 7.11 Å². The van der Waals surface area contributed by atoms with Gasteiger partial charge in [0.15, 0.2) is 0 Å². The van der Waals surface area contributed by atoms with Crippen molar-refractivity contribution in [2.24, 2.45) is 0 Å².